The molecular formula is C17H18BrClN2. The van der Waals surface area contributed by atoms with Crippen LogP contribution in [0.5, 0.6) is 0 Å². The largest absolute Gasteiger partial charge is 0.368 e. The Kier molecular flexibility index (Phi) is 4.71. The van der Waals surface area contributed by atoms with Crippen LogP contribution in [0.25, 0.3) is 0 Å². The minimum absolute atomic E-state index is 0.840. The molecule has 0 aromatic heterocycles. The normalized spacial score (nSPS) is 15.3. The van der Waals surface area contributed by atoms with E-state index in [0.29, 0.717) is 0 Å². The van der Waals surface area contributed by atoms with Gasteiger partial charge in [-0.15, -0.1) is 0 Å². The zero-order valence-corrected chi connectivity index (χ0v) is 14.1. The summed E-state index contributed by atoms with van der Waals surface area (Å²) in [7, 11) is 0. The fourth-order valence-electron chi connectivity index (χ4n) is 2.83. The molecule has 0 spiro atoms. The predicted octanol–water partition coefficient (Wildman–Crippen LogP) is 4.56. The van der Waals surface area contributed by atoms with Gasteiger partial charge >= 0.3 is 0 Å². The van der Waals surface area contributed by atoms with Crippen LogP contribution in [0.4, 0.5) is 11.4 Å². The first-order chi connectivity index (χ1) is 10.3. The average molecular weight is 366 g/mol. The van der Waals surface area contributed by atoms with Gasteiger partial charge in [0.15, 0.2) is 0 Å². The molecule has 0 saturated carbocycles. The van der Waals surface area contributed by atoms with Crippen LogP contribution in [0.2, 0.25) is 5.02 Å². The van der Waals surface area contributed by atoms with Crippen LogP contribution in [0.3, 0.4) is 0 Å². The van der Waals surface area contributed by atoms with Crippen molar-refractivity contribution in [2.45, 2.75) is 5.33 Å². The van der Waals surface area contributed by atoms with Crippen molar-refractivity contribution in [3.05, 3.63) is 59.1 Å². The standard InChI is InChI=1S/C17H18BrClN2/c18-13-14-5-1-3-7-16(14)20-9-11-21(12-10-20)17-8-4-2-6-15(17)19/h1-8H,9-13H2. The van der Waals surface area contributed by atoms with Gasteiger partial charge < -0.3 is 9.80 Å². The Bertz CT molecular complexity index is 609. The Morgan fingerprint density at radius 2 is 1.33 bits per heavy atom. The van der Waals surface area contributed by atoms with Gasteiger partial charge in [-0.05, 0) is 23.8 Å². The second-order valence-electron chi connectivity index (χ2n) is 5.19. The molecule has 3 rings (SSSR count). The van der Waals surface area contributed by atoms with E-state index in [1.54, 1.807) is 0 Å². The third kappa shape index (κ3) is 3.19. The van der Waals surface area contributed by atoms with Crippen LogP contribution >= 0.6 is 27.5 Å². The van der Waals surface area contributed by atoms with Crippen LogP contribution in [0.1, 0.15) is 5.56 Å². The quantitative estimate of drug-likeness (QED) is 0.736. The summed E-state index contributed by atoms with van der Waals surface area (Å²) in [4.78, 5) is 4.83. The number of nitrogens with zero attached hydrogens (tertiary/aromatic N) is 2. The van der Waals surface area contributed by atoms with Gasteiger partial charge in [-0.1, -0.05) is 57.9 Å². The van der Waals surface area contributed by atoms with Crippen molar-refractivity contribution >= 4 is 38.9 Å². The molecule has 1 saturated heterocycles. The maximum atomic E-state index is 6.30. The Hall–Kier alpha value is -1.19. The molecule has 0 amide bonds. The van der Waals surface area contributed by atoms with Crippen molar-refractivity contribution in [1.82, 2.24) is 0 Å². The van der Waals surface area contributed by atoms with Gasteiger partial charge in [0.1, 0.15) is 0 Å². The lowest BCUT2D eigenvalue weighted by Gasteiger charge is -2.38. The zero-order chi connectivity index (χ0) is 14.7. The van der Waals surface area contributed by atoms with E-state index in [0.717, 1.165) is 42.2 Å². The topological polar surface area (TPSA) is 6.48 Å². The third-order valence-electron chi connectivity index (χ3n) is 3.95. The maximum Gasteiger partial charge on any atom is 0.0639 e. The zero-order valence-electron chi connectivity index (χ0n) is 11.8. The molecule has 0 aliphatic carbocycles. The number of hydrogen-bond donors (Lipinski definition) is 0. The molecule has 1 fully saturated rings. The van der Waals surface area contributed by atoms with E-state index in [1.807, 2.05) is 18.2 Å². The van der Waals surface area contributed by atoms with E-state index in [-0.39, 0.29) is 0 Å². The number of benzene rings is 2. The lowest BCUT2D eigenvalue weighted by Crippen LogP contribution is -2.46. The van der Waals surface area contributed by atoms with E-state index >= 15 is 0 Å². The lowest BCUT2D eigenvalue weighted by atomic mass is 10.1. The summed E-state index contributed by atoms with van der Waals surface area (Å²) in [5.41, 5.74) is 3.84. The van der Waals surface area contributed by atoms with Gasteiger partial charge in [-0.25, -0.2) is 0 Å². The molecule has 4 heteroatoms. The van der Waals surface area contributed by atoms with Crippen LogP contribution in [0, 0.1) is 0 Å². The molecule has 0 radical (unpaired) electrons. The van der Waals surface area contributed by atoms with Crippen molar-refractivity contribution in [1.29, 1.82) is 0 Å². The summed E-state index contributed by atoms with van der Waals surface area (Å²) in [5.74, 6) is 0. The number of hydrogen-bond acceptors (Lipinski definition) is 2. The summed E-state index contributed by atoms with van der Waals surface area (Å²) in [6.45, 7) is 4.05. The smallest absolute Gasteiger partial charge is 0.0639 e. The predicted molar refractivity (Wildman–Crippen MR) is 95.0 cm³/mol. The molecule has 1 aliphatic heterocycles. The lowest BCUT2D eigenvalue weighted by molar-refractivity contribution is 0.652. The summed E-state index contributed by atoms with van der Waals surface area (Å²) < 4.78 is 0. The molecule has 0 bridgehead atoms. The van der Waals surface area contributed by atoms with Gasteiger partial charge in [0.05, 0.1) is 10.7 Å². The van der Waals surface area contributed by atoms with Gasteiger partial charge in [0.2, 0.25) is 0 Å². The minimum atomic E-state index is 0.840. The molecule has 0 unspecified atom stereocenters. The van der Waals surface area contributed by atoms with Gasteiger partial charge in [-0.3, -0.25) is 0 Å². The number of piperazine rings is 1. The van der Waals surface area contributed by atoms with E-state index < -0.39 is 0 Å². The Balaban J connectivity index is 1.72. The van der Waals surface area contributed by atoms with Crippen LogP contribution in [0.15, 0.2) is 48.5 Å². The van der Waals surface area contributed by atoms with Crippen molar-refractivity contribution in [3.8, 4) is 0 Å². The molecule has 1 heterocycles. The van der Waals surface area contributed by atoms with E-state index in [2.05, 4.69) is 56.1 Å². The van der Waals surface area contributed by atoms with Crippen molar-refractivity contribution in [3.63, 3.8) is 0 Å². The average Bonchev–Trinajstić information content (AvgIpc) is 2.55. The first-order valence-electron chi connectivity index (χ1n) is 7.18. The molecule has 1 aliphatic rings. The summed E-state index contributed by atoms with van der Waals surface area (Å²) in [6.07, 6.45) is 0. The summed E-state index contributed by atoms with van der Waals surface area (Å²) in [5, 5.41) is 1.74. The minimum Gasteiger partial charge on any atom is -0.368 e. The molecule has 2 nitrogen and oxygen atoms in total. The van der Waals surface area contributed by atoms with E-state index in [1.165, 1.54) is 11.3 Å². The molecule has 110 valence electrons. The molecule has 0 atom stereocenters. The molecule has 21 heavy (non-hydrogen) atoms. The number of anilines is 2. The second-order valence-corrected chi connectivity index (χ2v) is 6.16. The van der Waals surface area contributed by atoms with E-state index in [9.17, 15) is 0 Å². The molecule has 2 aromatic rings. The number of rotatable bonds is 3. The highest BCUT2D eigenvalue weighted by molar-refractivity contribution is 9.08. The van der Waals surface area contributed by atoms with Crippen LogP contribution in [-0.4, -0.2) is 26.2 Å². The van der Waals surface area contributed by atoms with Gasteiger partial charge in [0.25, 0.3) is 0 Å². The molecular weight excluding hydrogens is 348 g/mol. The van der Waals surface area contributed by atoms with Gasteiger partial charge in [-0.2, -0.15) is 0 Å². The maximum absolute atomic E-state index is 6.30. The summed E-state index contributed by atoms with van der Waals surface area (Å²) in [6, 6.07) is 16.7. The second kappa shape index (κ2) is 6.71. The highest BCUT2D eigenvalue weighted by atomic mass is 79.9. The highest BCUT2D eigenvalue weighted by Crippen LogP contribution is 2.28. The number of alkyl halides is 1. The molecule has 2 aromatic carbocycles. The molecule has 0 N–H and O–H groups in total. The Morgan fingerprint density at radius 3 is 1.95 bits per heavy atom. The Morgan fingerprint density at radius 1 is 0.810 bits per heavy atom. The first kappa shape index (κ1) is 14.7. The monoisotopic (exact) mass is 364 g/mol. The van der Waals surface area contributed by atoms with E-state index in [4.69, 9.17) is 11.6 Å². The number of halogens is 2. The van der Waals surface area contributed by atoms with Crippen LogP contribution in [-0.2, 0) is 5.33 Å². The Labute approximate surface area is 139 Å². The SMILES string of the molecule is Clc1ccccc1N1CCN(c2ccccc2CBr)CC1. The first-order valence-corrected chi connectivity index (χ1v) is 8.68. The van der Waals surface area contributed by atoms with Crippen molar-refractivity contribution in [2.24, 2.45) is 0 Å². The fourth-order valence-corrected chi connectivity index (χ4v) is 3.56. The van der Waals surface area contributed by atoms with Gasteiger partial charge in [0, 0.05) is 37.2 Å². The summed E-state index contributed by atoms with van der Waals surface area (Å²) >= 11 is 9.88. The number of para-hydroxylation sites is 2. The van der Waals surface area contributed by atoms with Crippen molar-refractivity contribution in [2.75, 3.05) is 36.0 Å². The highest BCUT2D eigenvalue weighted by Gasteiger charge is 2.20. The third-order valence-corrected chi connectivity index (χ3v) is 4.87. The fraction of sp³-hybridized carbons (Fsp3) is 0.294. The van der Waals surface area contributed by atoms with Crippen molar-refractivity contribution < 1.29 is 0 Å². The van der Waals surface area contributed by atoms with Crippen LogP contribution < -0.4 is 9.80 Å².